The lowest BCUT2D eigenvalue weighted by Crippen LogP contribution is -2.28. The Kier molecular flexibility index (Phi) is 5.05. The zero-order chi connectivity index (χ0) is 8.69. The van der Waals surface area contributed by atoms with Crippen LogP contribution >= 0.6 is 0 Å². The van der Waals surface area contributed by atoms with Crippen molar-refractivity contribution in [2.45, 2.75) is 6.42 Å². The molecule has 4 N–H and O–H groups in total. The second kappa shape index (κ2) is 5.63. The number of aliphatic carboxylic acids is 1. The lowest BCUT2D eigenvalue weighted by Gasteiger charge is -2.00. The molecule has 0 heterocycles. The SMILES string of the molecule is NCCC(=O)NOCC(=O)O. The van der Waals surface area contributed by atoms with Gasteiger partial charge in [0, 0.05) is 13.0 Å². The van der Waals surface area contributed by atoms with Crippen molar-refractivity contribution in [2.75, 3.05) is 13.2 Å². The van der Waals surface area contributed by atoms with Crippen LogP contribution in [0.3, 0.4) is 0 Å². The number of hydrogen-bond donors (Lipinski definition) is 3. The van der Waals surface area contributed by atoms with Gasteiger partial charge in [-0.25, -0.2) is 10.3 Å². The van der Waals surface area contributed by atoms with E-state index in [0.717, 1.165) is 0 Å². The number of carbonyl (C=O) groups is 2. The molecule has 0 aromatic rings. The van der Waals surface area contributed by atoms with Crippen LogP contribution in [0.25, 0.3) is 0 Å². The normalized spacial score (nSPS) is 9.18. The van der Waals surface area contributed by atoms with Gasteiger partial charge in [-0.1, -0.05) is 0 Å². The van der Waals surface area contributed by atoms with Crippen molar-refractivity contribution in [3.05, 3.63) is 0 Å². The Hall–Kier alpha value is -1.14. The maximum absolute atomic E-state index is 10.5. The molecule has 0 bridgehead atoms. The number of nitrogens with two attached hydrogens (primary N) is 1. The molecule has 0 atom stereocenters. The summed E-state index contributed by atoms with van der Waals surface area (Å²) in [6, 6.07) is 0. The average molecular weight is 162 g/mol. The van der Waals surface area contributed by atoms with Crippen LogP contribution < -0.4 is 11.2 Å². The molecular formula is C5H10N2O4. The molecule has 0 fully saturated rings. The molecule has 1 amide bonds. The van der Waals surface area contributed by atoms with Crippen molar-refractivity contribution in [1.29, 1.82) is 0 Å². The number of carboxylic acids is 1. The van der Waals surface area contributed by atoms with Crippen molar-refractivity contribution < 1.29 is 19.5 Å². The van der Waals surface area contributed by atoms with E-state index in [-0.39, 0.29) is 13.0 Å². The van der Waals surface area contributed by atoms with E-state index in [0.29, 0.717) is 0 Å². The van der Waals surface area contributed by atoms with Gasteiger partial charge in [0.1, 0.15) is 0 Å². The van der Waals surface area contributed by atoms with E-state index in [2.05, 4.69) is 4.84 Å². The maximum Gasteiger partial charge on any atom is 0.332 e. The molecule has 0 saturated carbocycles. The molecule has 0 aliphatic rings. The van der Waals surface area contributed by atoms with E-state index >= 15 is 0 Å². The van der Waals surface area contributed by atoms with Crippen molar-refractivity contribution in [1.82, 2.24) is 5.48 Å². The van der Waals surface area contributed by atoms with Crippen LogP contribution in [0.1, 0.15) is 6.42 Å². The van der Waals surface area contributed by atoms with E-state index in [4.69, 9.17) is 10.8 Å². The molecule has 0 aliphatic carbocycles. The molecule has 64 valence electrons. The summed E-state index contributed by atoms with van der Waals surface area (Å²) >= 11 is 0. The van der Waals surface area contributed by atoms with E-state index in [9.17, 15) is 9.59 Å². The minimum absolute atomic E-state index is 0.125. The number of amides is 1. The molecule has 0 aliphatic heterocycles. The molecule has 0 unspecified atom stereocenters. The molecule has 0 rings (SSSR count). The fourth-order valence-electron chi connectivity index (χ4n) is 0.360. The summed E-state index contributed by atoms with van der Waals surface area (Å²) in [5, 5.41) is 8.06. The van der Waals surface area contributed by atoms with Gasteiger partial charge in [0.2, 0.25) is 5.91 Å². The summed E-state index contributed by atoms with van der Waals surface area (Å²) in [5.74, 6) is -1.56. The first-order chi connectivity index (χ1) is 5.16. The summed E-state index contributed by atoms with van der Waals surface area (Å²) in [6.07, 6.45) is 0.125. The number of carboxylic acid groups (broad SMARTS) is 1. The molecule has 11 heavy (non-hydrogen) atoms. The molecule has 0 saturated heterocycles. The molecular weight excluding hydrogens is 152 g/mol. The number of nitrogens with one attached hydrogen (secondary N) is 1. The average Bonchev–Trinajstić information content (AvgIpc) is 1.87. The summed E-state index contributed by atoms with van der Waals surface area (Å²) < 4.78 is 0. The predicted octanol–water partition coefficient (Wildman–Crippen LogP) is -1.53. The molecule has 0 spiro atoms. The van der Waals surface area contributed by atoms with Gasteiger partial charge in [-0.2, -0.15) is 0 Å². The van der Waals surface area contributed by atoms with E-state index < -0.39 is 18.5 Å². The zero-order valence-corrected chi connectivity index (χ0v) is 5.87. The van der Waals surface area contributed by atoms with Gasteiger partial charge >= 0.3 is 5.97 Å². The van der Waals surface area contributed by atoms with E-state index in [1.54, 1.807) is 0 Å². The Morgan fingerprint density at radius 1 is 1.55 bits per heavy atom. The minimum Gasteiger partial charge on any atom is -0.479 e. The molecule has 0 aromatic heterocycles. The van der Waals surface area contributed by atoms with Gasteiger partial charge in [0.25, 0.3) is 0 Å². The van der Waals surface area contributed by atoms with Gasteiger partial charge in [0.05, 0.1) is 0 Å². The van der Waals surface area contributed by atoms with Gasteiger partial charge in [-0.3, -0.25) is 9.63 Å². The Labute approximate surface area is 63.3 Å². The van der Waals surface area contributed by atoms with Crippen molar-refractivity contribution in [3.8, 4) is 0 Å². The number of hydroxylamine groups is 1. The highest BCUT2D eigenvalue weighted by atomic mass is 16.7. The van der Waals surface area contributed by atoms with Crippen LogP contribution in [-0.2, 0) is 14.4 Å². The van der Waals surface area contributed by atoms with Crippen LogP contribution in [0.15, 0.2) is 0 Å². The first kappa shape index (κ1) is 9.86. The maximum atomic E-state index is 10.5. The Balaban J connectivity index is 3.24. The fraction of sp³-hybridized carbons (Fsp3) is 0.600. The number of carbonyl (C=O) groups excluding carboxylic acids is 1. The topological polar surface area (TPSA) is 102 Å². The Morgan fingerprint density at radius 2 is 2.18 bits per heavy atom. The second-order valence-electron chi connectivity index (χ2n) is 1.75. The highest BCUT2D eigenvalue weighted by Crippen LogP contribution is 1.75. The Bertz CT molecular complexity index is 147. The van der Waals surface area contributed by atoms with Crippen molar-refractivity contribution >= 4 is 11.9 Å². The summed E-state index contributed by atoms with van der Waals surface area (Å²) in [7, 11) is 0. The Morgan fingerprint density at radius 3 is 2.64 bits per heavy atom. The fourth-order valence-corrected chi connectivity index (χ4v) is 0.360. The monoisotopic (exact) mass is 162 g/mol. The van der Waals surface area contributed by atoms with Gasteiger partial charge in [-0.05, 0) is 0 Å². The molecule has 0 radical (unpaired) electrons. The van der Waals surface area contributed by atoms with E-state index in [1.807, 2.05) is 5.48 Å². The largest absolute Gasteiger partial charge is 0.479 e. The van der Waals surface area contributed by atoms with Gasteiger partial charge in [0.15, 0.2) is 6.61 Å². The predicted molar refractivity (Wildman–Crippen MR) is 35.4 cm³/mol. The highest BCUT2D eigenvalue weighted by Gasteiger charge is 2.00. The standard InChI is InChI=1S/C5H10N2O4/c6-2-1-4(8)7-11-3-5(9)10/h1-3,6H2,(H,7,8)(H,9,10). The lowest BCUT2D eigenvalue weighted by molar-refractivity contribution is -0.149. The summed E-state index contributed by atoms with van der Waals surface area (Å²) in [6.45, 7) is -0.335. The first-order valence-corrected chi connectivity index (χ1v) is 2.99. The highest BCUT2D eigenvalue weighted by molar-refractivity contribution is 5.75. The summed E-state index contributed by atoms with van der Waals surface area (Å²) in [4.78, 5) is 24.6. The third kappa shape index (κ3) is 6.75. The quantitative estimate of drug-likeness (QED) is 0.425. The summed E-state index contributed by atoms with van der Waals surface area (Å²) in [5.41, 5.74) is 6.94. The van der Waals surface area contributed by atoms with Gasteiger partial charge in [-0.15, -0.1) is 0 Å². The molecule has 6 heteroatoms. The smallest absolute Gasteiger partial charge is 0.332 e. The number of rotatable bonds is 5. The second-order valence-corrected chi connectivity index (χ2v) is 1.75. The van der Waals surface area contributed by atoms with Crippen molar-refractivity contribution in [2.24, 2.45) is 5.73 Å². The lowest BCUT2D eigenvalue weighted by atomic mass is 10.4. The first-order valence-electron chi connectivity index (χ1n) is 2.99. The van der Waals surface area contributed by atoms with Gasteiger partial charge < -0.3 is 10.8 Å². The van der Waals surface area contributed by atoms with Crippen LogP contribution in [0.5, 0.6) is 0 Å². The minimum atomic E-state index is -1.14. The van der Waals surface area contributed by atoms with Crippen LogP contribution in [0, 0.1) is 0 Å². The van der Waals surface area contributed by atoms with E-state index in [1.165, 1.54) is 0 Å². The third-order valence-corrected chi connectivity index (χ3v) is 0.753. The molecule has 0 aromatic carbocycles. The zero-order valence-electron chi connectivity index (χ0n) is 5.87. The van der Waals surface area contributed by atoms with Crippen LogP contribution in [0.2, 0.25) is 0 Å². The number of hydrogen-bond acceptors (Lipinski definition) is 4. The van der Waals surface area contributed by atoms with Crippen LogP contribution in [-0.4, -0.2) is 30.1 Å². The third-order valence-electron chi connectivity index (χ3n) is 0.753. The van der Waals surface area contributed by atoms with Crippen LogP contribution in [0.4, 0.5) is 0 Å². The van der Waals surface area contributed by atoms with Crippen molar-refractivity contribution in [3.63, 3.8) is 0 Å². The molecule has 6 nitrogen and oxygen atoms in total.